The number of carboxylic acids is 2. The number of aromatic nitrogens is 2. The van der Waals surface area contributed by atoms with Crippen LogP contribution in [0.5, 0.6) is 0 Å². The number of nitrogens with one attached hydrogen (secondary N) is 4. The van der Waals surface area contributed by atoms with Crippen molar-refractivity contribution in [1.82, 2.24) is 25.9 Å². The van der Waals surface area contributed by atoms with Gasteiger partial charge >= 0.3 is 11.9 Å². The molecule has 0 saturated heterocycles. The molecule has 0 aliphatic rings. The van der Waals surface area contributed by atoms with E-state index in [1.165, 1.54) is 19.4 Å². The number of amides is 3. The van der Waals surface area contributed by atoms with Crippen LogP contribution in [0.1, 0.15) is 45.7 Å². The molecule has 8 N–H and O–H groups in total. The maximum Gasteiger partial charge on any atom is 0.326 e. The molecule has 0 radical (unpaired) electrons. The van der Waals surface area contributed by atoms with Gasteiger partial charge in [0.05, 0.1) is 12.4 Å². The number of aliphatic carboxylic acids is 2. The van der Waals surface area contributed by atoms with E-state index in [2.05, 4.69) is 25.9 Å². The van der Waals surface area contributed by atoms with E-state index in [1.54, 1.807) is 13.8 Å². The van der Waals surface area contributed by atoms with Crippen LogP contribution < -0.4 is 21.7 Å². The quantitative estimate of drug-likeness (QED) is 0.173. The third-order valence-corrected chi connectivity index (χ3v) is 4.69. The van der Waals surface area contributed by atoms with Crippen LogP contribution in [0.4, 0.5) is 0 Å². The van der Waals surface area contributed by atoms with E-state index < -0.39 is 60.2 Å². The molecular weight excluding hydrogens is 436 g/mol. The number of rotatable bonds is 14. The minimum absolute atomic E-state index is 0.0119. The Morgan fingerprint density at radius 3 is 2.15 bits per heavy atom. The molecule has 0 spiro atoms. The van der Waals surface area contributed by atoms with E-state index in [-0.39, 0.29) is 25.2 Å². The molecule has 4 atom stereocenters. The number of carbonyl (C=O) groups is 5. The van der Waals surface area contributed by atoms with Gasteiger partial charge in [0.2, 0.25) is 17.7 Å². The second-order valence-corrected chi connectivity index (χ2v) is 8.14. The molecule has 0 saturated carbocycles. The summed E-state index contributed by atoms with van der Waals surface area (Å²) in [5, 5.41) is 25.4. The minimum Gasteiger partial charge on any atom is -0.481 e. The molecule has 13 heteroatoms. The summed E-state index contributed by atoms with van der Waals surface area (Å²) in [4.78, 5) is 66.4. The summed E-state index contributed by atoms with van der Waals surface area (Å²) >= 11 is 0. The lowest BCUT2D eigenvalue weighted by Crippen LogP contribution is -2.56. The van der Waals surface area contributed by atoms with Gasteiger partial charge in [-0.05, 0) is 25.7 Å². The highest BCUT2D eigenvalue weighted by Crippen LogP contribution is 2.06. The first-order valence-corrected chi connectivity index (χ1v) is 10.5. The Bertz CT molecular complexity index is 827. The Labute approximate surface area is 190 Å². The number of aromatic amines is 1. The SMILES string of the molecule is CC(C)C[C@H](NC(=O)[C@H](C)NC(=O)[C@H](CCC(=O)O)NC(=O)[C@@H](N)Cc1cnc[nH]1)C(=O)O. The van der Waals surface area contributed by atoms with Gasteiger partial charge in [0.1, 0.15) is 18.1 Å². The molecule has 0 aliphatic carbocycles. The summed E-state index contributed by atoms with van der Waals surface area (Å²) in [6.07, 6.45) is 2.59. The van der Waals surface area contributed by atoms with Crippen LogP contribution in [0.15, 0.2) is 12.5 Å². The maximum absolute atomic E-state index is 12.7. The van der Waals surface area contributed by atoms with E-state index in [9.17, 15) is 29.1 Å². The van der Waals surface area contributed by atoms with Crippen LogP contribution in [-0.4, -0.2) is 74.0 Å². The average molecular weight is 469 g/mol. The van der Waals surface area contributed by atoms with E-state index in [1.807, 2.05) is 0 Å². The topological polar surface area (TPSA) is 217 Å². The molecule has 1 aromatic rings. The number of H-pyrrole nitrogens is 1. The molecule has 0 aliphatic heterocycles. The number of hydrogen-bond acceptors (Lipinski definition) is 7. The van der Waals surface area contributed by atoms with Crippen LogP contribution in [0.3, 0.4) is 0 Å². The fraction of sp³-hybridized carbons (Fsp3) is 0.600. The van der Waals surface area contributed by atoms with E-state index in [4.69, 9.17) is 10.8 Å². The number of carbonyl (C=O) groups excluding carboxylic acids is 3. The van der Waals surface area contributed by atoms with Crippen molar-refractivity contribution in [3.8, 4) is 0 Å². The second kappa shape index (κ2) is 13.2. The molecule has 184 valence electrons. The first kappa shape index (κ1) is 27.6. The van der Waals surface area contributed by atoms with Gasteiger partial charge in [-0.15, -0.1) is 0 Å². The lowest BCUT2D eigenvalue weighted by Gasteiger charge is -2.23. The molecule has 3 amide bonds. The zero-order valence-electron chi connectivity index (χ0n) is 18.8. The number of nitrogens with zero attached hydrogens (tertiary/aromatic N) is 1. The highest BCUT2D eigenvalue weighted by atomic mass is 16.4. The summed E-state index contributed by atoms with van der Waals surface area (Å²) in [7, 11) is 0. The first-order valence-electron chi connectivity index (χ1n) is 10.5. The molecule has 0 bridgehead atoms. The summed E-state index contributed by atoms with van der Waals surface area (Å²) in [5.41, 5.74) is 6.46. The largest absolute Gasteiger partial charge is 0.481 e. The maximum atomic E-state index is 12.7. The molecular formula is C20H32N6O7. The molecule has 33 heavy (non-hydrogen) atoms. The summed E-state index contributed by atoms with van der Waals surface area (Å²) in [6, 6.07) is -4.55. The zero-order valence-corrected chi connectivity index (χ0v) is 18.8. The summed E-state index contributed by atoms with van der Waals surface area (Å²) in [5.74, 6) is -4.57. The Balaban J connectivity index is 2.77. The fourth-order valence-electron chi connectivity index (χ4n) is 2.91. The lowest BCUT2D eigenvalue weighted by atomic mass is 10.0. The minimum atomic E-state index is -1.26. The molecule has 1 rings (SSSR count). The smallest absolute Gasteiger partial charge is 0.326 e. The van der Waals surface area contributed by atoms with Gasteiger partial charge in [0.25, 0.3) is 0 Å². The Morgan fingerprint density at radius 1 is 1.00 bits per heavy atom. The third-order valence-electron chi connectivity index (χ3n) is 4.69. The van der Waals surface area contributed by atoms with Gasteiger partial charge in [-0.25, -0.2) is 9.78 Å². The van der Waals surface area contributed by atoms with Gasteiger partial charge in [-0.2, -0.15) is 0 Å². The van der Waals surface area contributed by atoms with E-state index in [0.717, 1.165) is 0 Å². The van der Waals surface area contributed by atoms with Gasteiger partial charge in [-0.3, -0.25) is 19.2 Å². The van der Waals surface area contributed by atoms with Gasteiger partial charge in [0, 0.05) is 24.7 Å². The molecule has 0 fully saturated rings. The van der Waals surface area contributed by atoms with Crippen molar-refractivity contribution in [1.29, 1.82) is 0 Å². The number of imidazole rings is 1. The van der Waals surface area contributed by atoms with Crippen LogP contribution >= 0.6 is 0 Å². The van der Waals surface area contributed by atoms with Crippen molar-refractivity contribution < 1.29 is 34.2 Å². The monoisotopic (exact) mass is 468 g/mol. The third kappa shape index (κ3) is 10.1. The second-order valence-electron chi connectivity index (χ2n) is 8.14. The van der Waals surface area contributed by atoms with Gasteiger partial charge in [-0.1, -0.05) is 13.8 Å². The van der Waals surface area contributed by atoms with Crippen molar-refractivity contribution in [3.05, 3.63) is 18.2 Å². The highest BCUT2D eigenvalue weighted by Gasteiger charge is 2.29. The predicted octanol–water partition coefficient (Wildman–Crippen LogP) is -1.25. The number of nitrogens with two attached hydrogens (primary N) is 1. The Morgan fingerprint density at radius 2 is 1.64 bits per heavy atom. The van der Waals surface area contributed by atoms with E-state index >= 15 is 0 Å². The van der Waals surface area contributed by atoms with Crippen molar-refractivity contribution >= 4 is 29.7 Å². The molecule has 0 unspecified atom stereocenters. The van der Waals surface area contributed by atoms with E-state index in [0.29, 0.717) is 5.69 Å². The molecule has 0 aromatic carbocycles. The lowest BCUT2D eigenvalue weighted by molar-refractivity contribution is -0.142. The van der Waals surface area contributed by atoms with Crippen molar-refractivity contribution in [2.24, 2.45) is 11.7 Å². The Hall–Kier alpha value is -3.48. The van der Waals surface area contributed by atoms with Crippen molar-refractivity contribution in [2.75, 3.05) is 0 Å². The Kier molecular flexibility index (Phi) is 11.0. The van der Waals surface area contributed by atoms with Gasteiger partial charge in [0.15, 0.2) is 0 Å². The average Bonchev–Trinajstić information content (AvgIpc) is 3.22. The van der Waals surface area contributed by atoms with Crippen LogP contribution in [0.25, 0.3) is 0 Å². The molecule has 1 heterocycles. The molecule has 1 aromatic heterocycles. The zero-order chi connectivity index (χ0) is 25.1. The van der Waals surface area contributed by atoms with Crippen LogP contribution in [0.2, 0.25) is 0 Å². The fourth-order valence-corrected chi connectivity index (χ4v) is 2.91. The highest BCUT2D eigenvalue weighted by molar-refractivity contribution is 5.94. The van der Waals surface area contributed by atoms with Crippen LogP contribution in [0, 0.1) is 5.92 Å². The van der Waals surface area contributed by atoms with Crippen molar-refractivity contribution in [3.63, 3.8) is 0 Å². The van der Waals surface area contributed by atoms with Crippen molar-refractivity contribution in [2.45, 2.75) is 70.6 Å². The number of hydrogen-bond donors (Lipinski definition) is 7. The normalized spacial score (nSPS) is 14.6. The van der Waals surface area contributed by atoms with Gasteiger partial charge < -0.3 is 36.9 Å². The first-order chi connectivity index (χ1) is 15.4. The molecule has 13 nitrogen and oxygen atoms in total. The summed E-state index contributed by atoms with van der Waals surface area (Å²) < 4.78 is 0. The standard InChI is InChI=1S/C20H32N6O7/c1-10(2)6-15(20(32)33)26-17(29)11(3)24-19(31)14(4-5-16(27)28)25-18(30)13(21)7-12-8-22-9-23-12/h8-11,13-15H,4-7,21H2,1-3H3,(H,22,23)(H,24,31)(H,25,30)(H,26,29)(H,27,28)(H,32,33)/t11-,13-,14-,15-/m0/s1. The van der Waals surface area contributed by atoms with Crippen LogP contribution in [-0.2, 0) is 30.4 Å². The number of carboxylic acid groups (broad SMARTS) is 2. The summed E-state index contributed by atoms with van der Waals surface area (Å²) in [6.45, 7) is 4.96. The predicted molar refractivity (Wildman–Crippen MR) is 116 cm³/mol.